The number of likely N-dealkylation sites (tertiary alicyclic amines) is 1. The third kappa shape index (κ3) is 2.48. The van der Waals surface area contributed by atoms with Gasteiger partial charge in [-0.25, -0.2) is 0 Å². The molecule has 2 heteroatoms. The highest BCUT2D eigenvalue weighted by Gasteiger charge is 2.25. The lowest BCUT2D eigenvalue weighted by Gasteiger charge is -2.20. The van der Waals surface area contributed by atoms with E-state index < -0.39 is 0 Å². The SMILES string of the molecule is CC1CCN(CCC2CCCC2N)C1. The van der Waals surface area contributed by atoms with E-state index in [2.05, 4.69) is 11.8 Å². The Hall–Kier alpha value is -0.0800. The van der Waals surface area contributed by atoms with E-state index >= 15 is 0 Å². The molecule has 2 rings (SSSR count). The van der Waals surface area contributed by atoms with Crippen molar-refractivity contribution < 1.29 is 0 Å². The Morgan fingerprint density at radius 1 is 1.29 bits per heavy atom. The molecule has 1 aliphatic carbocycles. The van der Waals surface area contributed by atoms with Crippen LogP contribution in [-0.4, -0.2) is 30.6 Å². The van der Waals surface area contributed by atoms with Crippen LogP contribution >= 0.6 is 0 Å². The molecule has 3 unspecified atom stereocenters. The maximum Gasteiger partial charge on any atom is 0.00676 e. The van der Waals surface area contributed by atoms with Crippen LogP contribution in [0.25, 0.3) is 0 Å². The van der Waals surface area contributed by atoms with Crippen molar-refractivity contribution in [3.63, 3.8) is 0 Å². The third-order valence-corrected chi connectivity index (χ3v) is 4.04. The summed E-state index contributed by atoms with van der Waals surface area (Å²) >= 11 is 0. The molecular formula is C12H24N2. The number of hydrogen-bond donors (Lipinski definition) is 1. The molecular weight excluding hydrogens is 172 g/mol. The lowest BCUT2D eigenvalue weighted by Crippen LogP contribution is -2.29. The Balaban J connectivity index is 1.67. The first-order valence-electron chi connectivity index (χ1n) is 6.23. The molecule has 0 spiro atoms. The average Bonchev–Trinajstić information content (AvgIpc) is 2.72. The molecule has 0 radical (unpaired) electrons. The summed E-state index contributed by atoms with van der Waals surface area (Å²) in [5, 5.41) is 0. The van der Waals surface area contributed by atoms with Gasteiger partial charge in [-0.3, -0.25) is 0 Å². The van der Waals surface area contributed by atoms with Crippen LogP contribution in [0.1, 0.15) is 39.0 Å². The standard InChI is InChI=1S/C12H24N2/c1-10-5-7-14(9-10)8-6-11-3-2-4-12(11)13/h10-12H,2-9,13H2,1H3. The second-order valence-electron chi connectivity index (χ2n) is 5.34. The van der Waals surface area contributed by atoms with Gasteiger partial charge in [0.05, 0.1) is 0 Å². The minimum Gasteiger partial charge on any atom is -0.327 e. The second-order valence-corrected chi connectivity index (χ2v) is 5.34. The van der Waals surface area contributed by atoms with Crippen LogP contribution in [0.3, 0.4) is 0 Å². The molecule has 0 bridgehead atoms. The van der Waals surface area contributed by atoms with Gasteiger partial charge in [-0.2, -0.15) is 0 Å². The zero-order valence-electron chi connectivity index (χ0n) is 9.41. The van der Waals surface area contributed by atoms with E-state index in [1.807, 2.05) is 0 Å². The highest BCUT2D eigenvalue weighted by atomic mass is 15.1. The first-order chi connectivity index (χ1) is 6.75. The Morgan fingerprint density at radius 2 is 2.14 bits per heavy atom. The largest absolute Gasteiger partial charge is 0.327 e. The summed E-state index contributed by atoms with van der Waals surface area (Å²) in [5.41, 5.74) is 6.07. The predicted octanol–water partition coefficient (Wildman–Crippen LogP) is 1.85. The van der Waals surface area contributed by atoms with Gasteiger partial charge in [0, 0.05) is 12.6 Å². The van der Waals surface area contributed by atoms with Crippen molar-refractivity contribution in [1.29, 1.82) is 0 Å². The smallest absolute Gasteiger partial charge is 0.00676 e. The van der Waals surface area contributed by atoms with Crippen molar-refractivity contribution in [2.75, 3.05) is 19.6 Å². The molecule has 82 valence electrons. The van der Waals surface area contributed by atoms with E-state index in [0.717, 1.165) is 11.8 Å². The lowest BCUT2D eigenvalue weighted by molar-refractivity contribution is 0.287. The lowest BCUT2D eigenvalue weighted by atomic mass is 10.0. The van der Waals surface area contributed by atoms with Gasteiger partial charge in [0.25, 0.3) is 0 Å². The zero-order valence-corrected chi connectivity index (χ0v) is 9.41. The fraction of sp³-hybridized carbons (Fsp3) is 1.00. The van der Waals surface area contributed by atoms with E-state index in [1.165, 1.54) is 51.7 Å². The van der Waals surface area contributed by atoms with E-state index in [9.17, 15) is 0 Å². The van der Waals surface area contributed by atoms with E-state index in [0.29, 0.717) is 6.04 Å². The third-order valence-electron chi connectivity index (χ3n) is 4.04. The molecule has 2 N–H and O–H groups in total. The van der Waals surface area contributed by atoms with Crippen molar-refractivity contribution >= 4 is 0 Å². The topological polar surface area (TPSA) is 29.3 Å². The first-order valence-corrected chi connectivity index (χ1v) is 6.23. The van der Waals surface area contributed by atoms with E-state index in [4.69, 9.17) is 5.73 Å². The first kappa shape index (κ1) is 10.4. The zero-order chi connectivity index (χ0) is 9.97. The van der Waals surface area contributed by atoms with Gasteiger partial charge in [0.1, 0.15) is 0 Å². The van der Waals surface area contributed by atoms with E-state index in [1.54, 1.807) is 0 Å². The quantitative estimate of drug-likeness (QED) is 0.746. The minimum atomic E-state index is 0.509. The Labute approximate surface area is 87.8 Å². The normalized spacial score (nSPS) is 39.4. The molecule has 0 amide bonds. The summed E-state index contributed by atoms with van der Waals surface area (Å²) in [6, 6.07) is 0.509. The molecule has 0 aromatic heterocycles. The molecule has 1 aliphatic heterocycles. The van der Waals surface area contributed by atoms with Crippen LogP contribution in [0, 0.1) is 11.8 Å². The molecule has 14 heavy (non-hydrogen) atoms. The minimum absolute atomic E-state index is 0.509. The Kier molecular flexibility index (Phi) is 3.45. The van der Waals surface area contributed by atoms with E-state index in [-0.39, 0.29) is 0 Å². The highest BCUT2D eigenvalue weighted by molar-refractivity contribution is 4.82. The summed E-state index contributed by atoms with van der Waals surface area (Å²) in [5.74, 6) is 1.75. The molecule has 1 saturated heterocycles. The van der Waals surface area contributed by atoms with Gasteiger partial charge < -0.3 is 10.6 Å². The molecule has 1 saturated carbocycles. The summed E-state index contributed by atoms with van der Waals surface area (Å²) in [4.78, 5) is 2.62. The van der Waals surface area contributed by atoms with Gasteiger partial charge in [-0.15, -0.1) is 0 Å². The predicted molar refractivity (Wildman–Crippen MR) is 60.2 cm³/mol. The number of hydrogen-bond acceptors (Lipinski definition) is 2. The average molecular weight is 196 g/mol. The number of rotatable bonds is 3. The van der Waals surface area contributed by atoms with Crippen molar-refractivity contribution in [1.82, 2.24) is 4.90 Å². The van der Waals surface area contributed by atoms with Crippen molar-refractivity contribution in [3.05, 3.63) is 0 Å². The summed E-state index contributed by atoms with van der Waals surface area (Å²) < 4.78 is 0. The van der Waals surface area contributed by atoms with Crippen LogP contribution in [0.4, 0.5) is 0 Å². The Morgan fingerprint density at radius 3 is 2.71 bits per heavy atom. The van der Waals surface area contributed by atoms with Crippen LogP contribution in [-0.2, 0) is 0 Å². The maximum atomic E-state index is 6.07. The van der Waals surface area contributed by atoms with Gasteiger partial charge in [0.2, 0.25) is 0 Å². The van der Waals surface area contributed by atoms with Crippen LogP contribution in [0.15, 0.2) is 0 Å². The second kappa shape index (κ2) is 4.63. The molecule has 0 aromatic rings. The summed E-state index contributed by atoms with van der Waals surface area (Å²) in [6.45, 7) is 6.30. The van der Waals surface area contributed by atoms with Gasteiger partial charge >= 0.3 is 0 Å². The molecule has 2 nitrogen and oxygen atoms in total. The van der Waals surface area contributed by atoms with Crippen molar-refractivity contribution in [2.24, 2.45) is 17.6 Å². The number of nitrogens with two attached hydrogens (primary N) is 1. The monoisotopic (exact) mass is 196 g/mol. The van der Waals surface area contributed by atoms with Crippen LogP contribution < -0.4 is 5.73 Å². The van der Waals surface area contributed by atoms with Crippen molar-refractivity contribution in [2.45, 2.75) is 45.1 Å². The molecule has 3 atom stereocenters. The number of nitrogens with zero attached hydrogens (tertiary/aromatic N) is 1. The summed E-state index contributed by atoms with van der Waals surface area (Å²) in [7, 11) is 0. The molecule has 2 fully saturated rings. The highest BCUT2D eigenvalue weighted by Crippen LogP contribution is 2.27. The molecule has 2 aliphatic rings. The molecule has 1 heterocycles. The maximum absolute atomic E-state index is 6.07. The van der Waals surface area contributed by atoms with Gasteiger partial charge in [-0.05, 0) is 50.6 Å². The van der Waals surface area contributed by atoms with Gasteiger partial charge in [0.15, 0.2) is 0 Å². The van der Waals surface area contributed by atoms with Crippen LogP contribution in [0.2, 0.25) is 0 Å². The molecule has 0 aromatic carbocycles. The fourth-order valence-electron chi connectivity index (χ4n) is 3.00. The van der Waals surface area contributed by atoms with Crippen LogP contribution in [0.5, 0.6) is 0 Å². The fourth-order valence-corrected chi connectivity index (χ4v) is 3.00. The summed E-state index contributed by atoms with van der Waals surface area (Å²) in [6.07, 6.45) is 6.75. The van der Waals surface area contributed by atoms with Crippen molar-refractivity contribution in [3.8, 4) is 0 Å². The van der Waals surface area contributed by atoms with Gasteiger partial charge in [-0.1, -0.05) is 13.3 Å². The Bertz CT molecular complexity index is 181.